The van der Waals surface area contributed by atoms with Crippen LogP contribution in [0.3, 0.4) is 0 Å². The second-order valence-electron chi connectivity index (χ2n) is 4.43. The summed E-state index contributed by atoms with van der Waals surface area (Å²) in [7, 11) is 0. The summed E-state index contributed by atoms with van der Waals surface area (Å²) in [5.41, 5.74) is 0. The summed E-state index contributed by atoms with van der Waals surface area (Å²) in [5.74, 6) is 0. The van der Waals surface area contributed by atoms with Gasteiger partial charge in [0.1, 0.15) is 0 Å². The van der Waals surface area contributed by atoms with Gasteiger partial charge >= 0.3 is 0 Å². The molecule has 1 radical (unpaired) electrons. The highest BCUT2D eigenvalue weighted by Gasteiger charge is 1.92. The van der Waals surface area contributed by atoms with E-state index in [4.69, 9.17) is 0 Å². The molecule has 0 atom stereocenters. The summed E-state index contributed by atoms with van der Waals surface area (Å²) >= 11 is 0. The molecule has 0 aliphatic carbocycles. The van der Waals surface area contributed by atoms with E-state index in [1.807, 2.05) is 6.08 Å². The van der Waals surface area contributed by atoms with Crippen LogP contribution in [0.1, 0.15) is 77.6 Å². The van der Waals surface area contributed by atoms with E-state index >= 15 is 0 Å². The molecular weight excluding hydrogens is 180 g/mol. The van der Waals surface area contributed by atoms with Crippen LogP contribution in [0.15, 0.2) is 12.7 Å². The third-order valence-corrected chi connectivity index (χ3v) is 2.85. The third-order valence-electron chi connectivity index (χ3n) is 2.85. The second-order valence-corrected chi connectivity index (χ2v) is 4.43. The Morgan fingerprint density at radius 2 is 1.33 bits per heavy atom. The van der Waals surface area contributed by atoms with Gasteiger partial charge < -0.3 is 0 Å². The maximum absolute atomic E-state index is 3.71. The first-order valence-corrected chi connectivity index (χ1v) is 6.84. The SMILES string of the molecule is C=CC[CH]CCCCCCCCCCC. The van der Waals surface area contributed by atoms with Crippen LogP contribution in [0.25, 0.3) is 0 Å². The molecule has 0 fully saturated rings. The largest absolute Gasteiger partial charge is 0.103 e. The van der Waals surface area contributed by atoms with E-state index in [-0.39, 0.29) is 0 Å². The fourth-order valence-corrected chi connectivity index (χ4v) is 1.84. The molecule has 0 heterocycles. The number of allylic oxidation sites excluding steroid dienone is 1. The molecule has 0 bridgehead atoms. The highest BCUT2D eigenvalue weighted by molar-refractivity contribution is 4.77. The average molecular weight is 209 g/mol. The molecule has 0 amide bonds. The van der Waals surface area contributed by atoms with E-state index in [2.05, 4.69) is 19.9 Å². The minimum absolute atomic E-state index is 1.08. The summed E-state index contributed by atoms with van der Waals surface area (Å²) in [6.07, 6.45) is 19.5. The number of hydrogen-bond acceptors (Lipinski definition) is 0. The Morgan fingerprint density at radius 1 is 0.800 bits per heavy atom. The maximum Gasteiger partial charge on any atom is -0.0322 e. The van der Waals surface area contributed by atoms with Gasteiger partial charge in [0.2, 0.25) is 0 Å². The first-order chi connectivity index (χ1) is 7.41. The number of unbranched alkanes of at least 4 members (excludes halogenated alkanes) is 11. The maximum atomic E-state index is 3.71. The van der Waals surface area contributed by atoms with Crippen molar-refractivity contribution in [3.63, 3.8) is 0 Å². The number of hydrogen-bond donors (Lipinski definition) is 0. The second kappa shape index (κ2) is 13.7. The van der Waals surface area contributed by atoms with E-state index < -0.39 is 0 Å². The molecule has 0 aliphatic heterocycles. The fraction of sp³-hybridized carbons (Fsp3) is 0.800. The van der Waals surface area contributed by atoms with Gasteiger partial charge in [0.05, 0.1) is 0 Å². The van der Waals surface area contributed by atoms with Gasteiger partial charge in [-0.05, 0) is 19.3 Å². The van der Waals surface area contributed by atoms with Crippen LogP contribution in [0, 0.1) is 6.42 Å². The Kier molecular flexibility index (Phi) is 13.5. The molecule has 0 unspecified atom stereocenters. The minimum atomic E-state index is 1.08. The Morgan fingerprint density at radius 3 is 1.87 bits per heavy atom. The molecule has 0 N–H and O–H groups in total. The molecule has 0 aromatic rings. The number of rotatable bonds is 12. The van der Waals surface area contributed by atoms with Gasteiger partial charge in [0.25, 0.3) is 0 Å². The molecule has 0 aromatic carbocycles. The molecule has 0 aromatic heterocycles. The van der Waals surface area contributed by atoms with E-state index in [1.54, 1.807) is 0 Å². The predicted octanol–water partition coefficient (Wildman–Crippen LogP) is 5.69. The lowest BCUT2D eigenvalue weighted by molar-refractivity contribution is 0.563. The summed E-state index contributed by atoms with van der Waals surface area (Å²) in [6.45, 7) is 5.99. The van der Waals surface area contributed by atoms with Crippen molar-refractivity contribution < 1.29 is 0 Å². The first-order valence-electron chi connectivity index (χ1n) is 6.84. The predicted molar refractivity (Wildman–Crippen MR) is 71.0 cm³/mol. The van der Waals surface area contributed by atoms with Crippen LogP contribution < -0.4 is 0 Å². The Balaban J connectivity index is 2.83. The summed E-state index contributed by atoms with van der Waals surface area (Å²) in [6, 6.07) is 0. The van der Waals surface area contributed by atoms with Gasteiger partial charge in [-0.2, -0.15) is 0 Å². The molecule has 0 rings (SSSR count). The highest BCUT2D eigenvalue weighted by Crippen LogP contribution is 2.11. The summed E-state index contributed by atoms with van der Waals surface area (Å²) in [4.78, 5) is 0. The zero-order valence-electron chi connectivity index (χ0n) is 10.6. The van der Waals surface area contributed by atoms with Crippen molar-refractivity contribution in [1.29, 1.82) is 0 Å². The average Bonchev–Trinajstić information content (AvgIpc) is 2.26. The molecule has 0 saturated carbocycles. The lowest BCUT2D eigenvalue weighted by Gasteiger charge is -2.01. The molecular formula is C15H29. The van der Waals surface area contributed by atoms with Crippen molar-refractivity contribution in [1.82, 2.24) is 0 Å². The van der Waals surface area contributed by atoms with Crippen molar-refractivity contribution in [2.24, 2.45) is 0 Å². The van der Waals surface area contributed by atoms with Crippen molar-refractivity contribution in [3.05, 3.63) is 19.1 Å². The summed E-state index contributed by atoms with van der Waals surface area (Å²) < 4.78 is 0. The van der Waals surface area contributed by atoms with Crippen molar-refractivity contribution in [3.8, 4) is 0 Å². The van der Waals surface area contributed by atoms with Crippen LogP contribution in [-0.2, 0) is 0 Å². The van der Waals surface area contributed by atoms with E-state index in [1.165, 1.54) is 64.2 Å². The zero-order chi connectivity index (χ0) is 11.2. The molecule has 0 aliphatic rings. The van der Waals surface area contributed by atoms with Crippen molar-refractivity contribution >= 4 is 0 Å². The Bertz CT molecular complexity index is 115. The molecule has 15 heavy (non-hydrogen) atoms. The highest BCUT2D eigenvalue weighted by atomic mass is 14.0. The zero-order valence-corrected chi connectivity index (χ0v) is 10.6. The summed E-state index contributed by atoms with van der Waals surface area (Å²) in [5, 5.41) is 0. The van der Waals surface area contributed by atoms with Crippen LogP contribution >= 0.6 is 0 Å². The van der Waals surface area contributed by atoms with Crippen LogP contribution in [0.5, 0.6) is 0 Å². The lowest BCUT2D eigenvalue weighted by atomic mass is 10.1. The van der Waals surface area contributed by atoms with Gasteiger partial charge in [-0.1, -0.05) is 70.8 Å². The van der Waals surface area contributed by atoms with Crippen molar-refractivity contribution in [2.45, 2.75) is 77.6 Å². The fourth-order valence-electron chi connectivity index (χ4n) is 1.84. The third kappa shape index (κ3) is 13.7. The standard InChI is InChI=1S/C15H29/c1-3-5-7-9-11-13-15-14-12-10-8-6-4-2/h3,7H,1,4-6,8-15H2,2H3. The van der Waals surface area contributed by atoms with Crippen LogP contribution in [-0.4, -0.2) is 0 Å². The quantitative estimate of drug-likeness (QED) is 0.286. The monoisotopic (exact) mass is 209 g/mol. The molecule has 0 saturated heterocycles. The van der Waals surface area contributed by atoms with Gasteiger partial charge in [0.15, 0.2) is 0 Å². The molecule has 0 spiro atoms. The van der Waals surface area contributed by atoms with Crippen molar-refractivity contribution in [2.75, 3.05) is 0 Å². The molecule has 89 valence electrons. The van der Waals surface area contributed by atoms with Gasteiger partial charge in [-0.25, -0.2) is 0 Å². The first kappa shape index (κ1) is 14.7. The van der Waals surface area contributed by atoms with E-state index in [0.717, 1.165) is 6.42 Å². The van der Waals surface area contributed by atoms with Gasteiger partial charge in [-0.15, -0.1) is 6.58 Å². The molecule has 0 heteroatoms. The Hall–Kier alpha value is -0.260. The minimum Gasteiger partial charge on any atom is -0.103 e. The van der Waals surface area contributed by atoms with Crippen LogP contribution in [0.4, 0.5) is 0 Å². The molecule has 0 nitrogen and oxygen atoms in total. The Labute approximate surface area is 97.2 Å². The topological polar surface area (TPSA) is 0 Å². The van der Waals surface area contributed by atoms with Gasteiger partial charge in [-0.3, -0.25) is 0 Å². The normalized spacial score (nSPS) is 10.5. The van der Waals surface area contributed by atoms with E-state index in [9.17, 15) is 0 Å². The van der Waals surface area contributed by atoms with Crippen LogP contribution in [0.2, 0.25) is 0 Å². The smallest absolute Gasteiger partial charge is 0.0322 e. The van der Waals surface area contributed by atoms with E-state index in [0.29, 0.717) is 0 Å². The van der Waals surface area contributed by atoms with Gasteiger partial charge in [0, 0.05) is 0 Å². The lowest BCUT2D eigenvalue weighted by Crippen LogP contribution is -1.82.